The lowest BCUT2D eigenvalue weighted by Gasteiger charge is -2.12. The molecule has 0 heterocycles. The number of ether oxygens (including phenoxy) is 2. The van der Waals surface area contributed by atoms with Crippen LogP contribution in [-0.2, 0) is 0 Å². The Balaban J connectivity index is 1.98. The van der Waals surface area contributed by atoms with Gasteiger partial charge in [-0.15, -0.1) is 0 Å². The summed E-state index contributed by atoms with van der Waals surface area (Å²) in [6.07, 6.45) is 0. The molecule has 0 saturated heterocycles. The molecule has 0 saturated carbocycles. The monoisotopic (exact) mass is 307 g/mol. The van der Waals surface area contributed by atoms with E-state index in [1.807, 2.05) is 42.5 Å². The number of nitrogens with one attached hydrogen (secondary N) is 1. The van der Waals surface area contributed by atoms with Gasteiger partial charge in [-0.25, -0.2) is 0 Å². The minimum Gasteiger partial charge on any atom is -0.497 e. The lowest BCUT2D eigenvalue weighted by Crippen LogP contribution is -2.13. The summed E-state index contributed by atoms with van der Waals surface area (Å²) in [6.45, 7) is 0. The van der Waals surface area contributed by atoms with Crippen molar-refractivity contribution in [2.75, 3.05) is 19.5 Å². The molecular weight excluding hydrogens is 290 g/mol. The van der Waals surface area contributed by atoms with Crippen LogP contribution in [0, 0.1) is 0 Å². The highest BCUT2D eigenvalue weighted by Crippen LogP contribution is 2.27. The Morgan fingerprint density at radius 1 is 0.913 bits per heavy atom. The Labute approximate surface area is 134 Å². The summed E-state index contributed by atoms with van der Waals surface area (Å²) in [5.74, 6) is 0.870. The van der Waals surface area contributed by atoms with Crippen LogP contribution in [-0.4, -0.2) is 20.1 Å². The molecule has 0 aliphatic carbocycles. The highest BCUT2D eigenvalue weighted by molar-refractivity contribution is 6.10. The van der Waals surface area contributed by atoms with E-state index in [4.69, 9.17) is 9.47 Å². The number of hydrogen-bond acceptors (Lipinski definition) is 3. The zero-order chi connectivity index (χ0) is 16.2. The second-order valence-electron chi connectivity index (χ2n) is 5.05. The molecule has 0 fully saturated rings. The van der Waals surface area contributed by atoms with E-state index in [0.29, 0.717) is 17.1 Å². The third-order valence-corrected chi connectivity index (χ3v) is 3.69. The first-order chi connectivity index (χ1) is 11.2. The van der Waals surface area contributed by atoms with Crippen LogP contribution in [0.1, 0.15) is 10.4 Å². The number of amides is 1. The van der Waals surface area contributed by atoms with Crippen molar-refractivity contribution in [1.29, 1.82) is 0 Å². The van der Waals surface area contributed by atoms with Gasteiger partial charge < -0.3 is 14.8 Å². The van der Waals surface area contributed by atoms with Gasteiger partial charge in [0.25, 0.3) is 5.91 Å². The number of hydrogen-bond donors (Lipinski definition) is 1. The molecule has 0 aromatic heterocycles. The van der Waals surface area contributed by atoms with E-state index in [1.54, 1.807) is 25.3 Å². The first-order valence-electron chi connectivity index (χ1n) is 7.24. The third-order valence-electron chi connectivity index (χ3n) is 3.69. The van der Waals surface area contributed by atoms with Gasteiger partial charge in [-0.1, -0.05) is 36.4 Å². The van der Waals surface area contributed by atoms with Gasteiger partial charge in [0.15, 0.2) is 0 Å². The van der Waals surface area contributed by atoms with Crippen LogP contribution < -0.4 is 14.8 Å². The second kappa shape index (κ2) is 6.40. The quantitative estimate of drug-likeness (QED) is 0.789. The predicted octanol–water partition coefficient (Wildman–Crippen LogP) is 4.11. The molecule has 1 N–H and O–H groups in total. The van der Waals surface area contributed by atoms with Gasteiger partial charge in [-0.2, -0.15) is 0 Å². The van der Waals surface area contributed by atoms with E-state index in [1.165, 1.54) is 7.11 Å². The van der Waals surface area contributed by atoms with E-state index in [2.05, 4.69) is 5.32 Å². The van der Waals surface area contributed by atoms with Crippen molar-refractivity contribution in [3.8, 4) is 11.5 Å². The average molecular weight is 307 g/mol. The summed E-state index contributed by atoms with van der Waals surface area (Å²) in [5.41, 5.74) is 1.19. The normalized spacial score (nSPS) is 10.3. The zero-order valence-corrected chi connectivity index (χ0v) is 13.0. The molecule has 116 valence electrons. The molecule has 4 heteroatoms. The highest BCUT2D eigenvalue weighted by atomic mass is 16.5. The molecule has 1 amide bonds. The maximum Gasteiger partial charge on any atom is 0.259 e. The van der Waals surface area contributed by atoms with Crippen molar-refractivity contribution in [2.24, 2.45) is 0 Å². The van der Waals surface area contributed by atoms with Gasteiger partial charge in [0.1, 0.15) is 11.5 Å². The van der Waals surface area contributed by atoms with Gasteiger partial charge in [0.05, 0.1) is 19.8 Å². The molecule has 0 bridgehead atoms. The van der Waals surface area contributed by atoms with Crippen molar-refractivity contribution >= 4 is 22.4 Å². The van der Waals surface area contributed by atoms with E-state index < -0.39 is 0 Å². The van der Waals surface area contributed by atoms with Gasteiger partial charge in [-0.3, -0.25) is 4.79 Å². The van der Waals surface area contributed by atoms with Crippen LogP contribution in [0.2, 0.25) is 0 Å². The van der Waals surface area contributed by atoms with E-state index in [9.17, 15) is 4.79 Å². The number of carbonyl (C=O) groups is 1. The first-order valence-corrected chi connectivity index (χ1v) is 7.24. The number of anilines is 1. The van der Waals surface area contributed by atoms with E-state index in [-0.39, 0.29) is 5.91 Å². The summed E-state index contributed by atoms with van der Waals surface area (Å²) in [7, 11) is 3.10. The summed E-state index contributed by atoms with van der Waals surface area (Å²) < 4.78 is 10.5. The number of rotatable bonds is 4. The van der Waals surface area contributed by atoms with Crippen LogP contribution in [0.15, 0.2) is 60.7 Å². The Kier molecular flexibility index (Phi) is 4.15. The molecule has 0 atom stereocenters. The van der Waals surface area contributed by atoms with Crippen LogP contribution in [0.3, 0.4) is 0 Å². The molecule has 0 aliphatic heterocycles. The Hall–Kier alpha value is -3.01. The fourth-order valence-corrected chi connectivity index (χ4v) is 2.52. The Bertz CT molecular complexity index is 853. The van der Waals surface area contributed by atoms with Crippen molar-refractivity contribution in [2.45, 2.75) is 0 Å². The molecule has 3 rings (SSSR count). The second-order valence-corrected chi connectivity index (χ2v) is 5.05. The van der Waals surface area contributed by atoms with Gasteiger partial charge in [-0.05, 0) is 29.7 Å². The summed E-state index contributed by atoms with van der Waals surface area (Å²) in [6, 6.07) is 18.9. The molecular formula is C19H17NO3. The average Bonchev–Trinajstić information content (AvgIpc) is 2.61. The van der Waals surface area contributed by atoms with E-state index in [0.717, 1.165) is 16.5 Å². The van der Waals surface area contributed by atoms with Gasteiger partial charge >= 0.3 is 0 Å². The summed E-state index contributed by atoms with van der Waals surface area (Å²) >= 11 is 0. The Morgan fingerprint density at radius 2 is 1.70 bits per heavy atom. The molecule has 23 heavy (non-hydrogen) atoms. The lowest BCUT2D eigenvalue weighted by molar-refractivity contribution is 0.102. The third kappa shape index (κ3) is 2.97. The SMILES string of the molecule is COc1ccc(OC)c(C(=O)Nc2cccc3ccccc23)c1. The number of fused-ring (bicyclic) bond motifs is 1. The minimum atomic E-state index is -0.239. The molecule has 0 unspecified atom stereocenters. The van der Waals surface area contributed by atoms with E-state index >= 15 is 0 Å². The summed E-state index contributed by atoms with van der Waals surface area (Å²) in [5, 5.41) is 5.02. The highest BCUT2D eigenvalue weighted by Gasteiger charge is 2.14. The molecule has 3 aromatic rings. The largest absolute Gasteiger partial charge is 0.497 e. The number of benzene rings is 3. The molecule has 0 aliphatic rings. The van der Waals surface area contributed by atoms with Gasteiger partial charge in [0.2, 0.25) is 0 Å². The fraction of sp³-hybridized carbons (Fsp3) is 0.105. The smallest absolute Gasteiger partial charge is 0.259 e. The Morgan fingerprint density at radius 3 is 2.48 bits per heavy atom. The first kappa shape index (κ1) is 14.9. The van der Waals surface area contributed by atoms with Crippen LogP contribution in [0.4, 0.5) is 5.69 Å². The van der Waals surface area contributed by atoms with Crippen LogP contribution >= 0.6 is 0 Å². The van der Waals surface area contributed by atoms with Crippen molar-refractivity contribution in [3.05, 3.63) is 66.2 Å². The fourth-order valence-electron chi connectivity index (χ4n) is 2.52. The molecule has 3 aromatic carbocycles. The lowest BCUT2D eigenvalue weighted by atomic mass is 10.1. The summed E-state index contributed by atoms with van der Waals surface area (Å²) in [4.78, 5) is 12.7. The van der Waals surface area contributed by atoms with Crippen molar-refractivity contribution in [3.63, 3.8) is 0 Å². The predicted molar refractivity (Wildman–Crippen MR) is 91.4 cm³/mol. The molecule has 0 spiro atoms. The zero-order valence-electron chi connectivity index (χ0n) is 13.0. The number of methoxy groups -OCH3 is 2. The molecule has 0 radical (unpaired) electrons. The van der Waals surface area contributed by atoms with Crippen molar-refractivity contribution < 1.29 is 14.3 Å². The van der Waals surface area contributed by atoms with Crippen molar-refractivity contribution in [1.82, 2.24) is 0 Å². The molecule has 4 nitrogen and oxygen atoms in total. The maximum absolute atomic E-state index is 12.7. The van der Waals surface area contributed by atoms with Crippen LogP contribution in [0.5, 0.6) is 11.5 Å². The topological polar surface area (TPSA) is 47.6 Å². The van der Waals surface area contributed by atoms with Gasteiger partial charge in [0, 0.05) is 11.1 Å². The number of carbonyl (C=O) groups excluding carboxylic acids is 1. The minimum absolute atomic E-state index is 0.239. The maximum atomic E-state index is 12.7. The standard InChI is InChI=1S/C19H17NO3/c1-22-14-10-11-18(23-2)16(12-14)19(21)20-17-9-5-7-13-6-3-4-8-15(13)17/h3-12H,1-2H3,(H,20,21). The van der Waals surface area contributed by atoms with Crippen LogP contribution in [0.25, 0.3) is 10.8 Å².